The summed E-state index contributed by atoms with van der Waals surface area (Å²) in [5.74, 6) is -0.0473. The van der Waals surface area contributed by atoms with Crippen LogP contribution < -0.4 is 0 Å². The van der Waals surface area contributed by atoms with E-state index in [1.165, 1.54) is 11.0 Å². The maximum absolute atomic E-state index is 14.3. The van der Waals surface area contributed by atoms with Crippen molar-refractivity contribution in [3.63, 3.8) is 0 Å². The summed E-state index contributed by atoms with van der Waals surface area (Å²) in [5.41, 5.74) is 1.61. The summed E-state index contributed by atoms with van der Waals surface area (Å²) in [7, 11) is 1.64. The van der Waals surface area contributed by atoms with Gasteiger partial charge in [-0.05, 0) is 73.4 Å². The van der Waals surface area contributed by atoms with Crippen LogP contribution in [0.2, 0.25) is 0 Å². The summed E-state index contributed by atoms with van der Waals surface area (Å²) in [6, 6.07) is 10.4. The zero-order valence-corrected chi connectivity index (χ0v) is 25.2. The Kier molecular flexibility index (Phi) is 8.95. The number of hydrogen-bond donors (Lipinski definition) is 0. The lowest BCUT2D eigenvalue weighted by Crippen LogP contribution is -2.57. The lowest BCUT2D eigenvalue weighted by atomic mass is 9.76. The van der Waals surface area contributed by atoms with E-state index < -0.39 is 29.2 Å². The van der Waals surface area contributed by atoms with Gasteiger partial charge in [0.15, 0.2) is 0 Å². The van der Waals surface area contributed by atoms with E-state index in [0.29, 0.717) is 43.5 Å². The van der Waals surface area contributed by atoms with Gasteiger partial charge in [-0.25, -0.2) is 4.79 Å². The molecule has 0 N–H and O–H groups in total. The van der Waals surface area contributed by atoms with Gasteiger partial charge in [-0.1, -0.05) is 56.3 Å². The van der Waals surface area contributed by atoms with E-state index in [-0.39, 0.29) is 23.9 Å². The van der Waals surface area contributed by atoms with Gasteiger partial charge < -0.3 is 14.7 Å². The Bertz CT molecular complexity index is 1340. The van der Waals surface area contributed by atoms with E-state index in [9.17, 15) is 22.8 Å². The lowest BCUT2D eigenvalue weighted by Gasteiger charge is -2.47. The highest BCUT2D eigenvalue weighted by molar-refractivity contribution is 5.87. The summed E-state index contributed by atoms with van der Waals surface area (Å²) in [6.45, 7) is 16.0. The quantitative estimate of drug-likeness (QED) is 0.296. The van der Waals surface area contributed by atoms with E-state index in [4.69, 9.17) is 0 Å². The fraction of sp³-hybridized carbons (Fsp3) is 0.471. The van der Waals surface area contributed by atoms with Crippen molar-refractivity contribution in [3.05, 3.63) is 95.6 Å². The molecule has 2 saturated heterocycles. The Morgan fingerprint density at radius 2 is 1.69 bits per heavy atom. The normalized spacial score (nSPS) is 20.8. The first kappa shape index (κ1) is 31.4. The molecular weight excluding hydrogens is 539 g/mol. The Balaban J connectivity index is 1.73. The third-order valence-corrected chi connectivity index (χ3v) is 9.16. The molecule has 2 aliphatic heterocycles. The summed E-state index contributed by atoms with van der Waals surface area (Å²) >= 11 is 0. The SMILES string of the molecule is C=CCC1(CC=C)C[C@H]2[C@H](c3ccccc3C)N(C(=O)N(C)[C@H](C)c3cc(C(C)C)cc(C(F)(F)F)c3)CCN2C1=O. The molecule has 2 fully saturated rings. The highest BCUT2D eigenvalue weighted by atomic mass is 19.4. The lowest BCUT2D eigenvalue weighted by molar-refractivity contribution is -0.139. The van der Waals surface area contributed by atoms with Crippen molar-refractivity contribution < 1.29 is 22.8 Å². The zero-order chi connectivity index (χ0) is 31.0. The Hall–Kier alpha value is -3.55. The Morgan fingerprint density at radius 1 is 1.07 bits per heavy atom. The molecule has 4 rings (SSSR count). The first-order valence-corrected chi connectivity index (χ1v) is 14.6. The molecule has 226 valence electrons. The molecule has 0 unspecified atom stereocenters. The second-order valence-corrected chi connectivity index (χ2v) is 12.1. The van der Waals surface area contributed by atoms with E-state index in [0.717, 1.165) is 17.2 Å². The summed E-state index contributed by atoms with van der Waals surface area (Å²) in [4.78, 5) is 33.4. The number of nitrogens with zero attached hydrogens (tertiary/aromatic N) is 3. The number of halogens is 3. The van der Waals surface area contributed by atoms with Crippen LogP contribution >= 0.6 is 0 Å². The zero-order valence-electron chi connectivity index (χ0n) is 25.2. The van der Waals surface area contributed by atoms with E-state index in [1.807, 2.05) is 54.8 Å². The van der Waals surface area contributed by atoms with Gasteiger partial charge in [-0.3, -0.25) is 4.79 Å². The predicted molar refractivity (Wildman–Crippen MR) is 160 cm³/mol. The van der Waals surface area contributed by atoms with Crippen LogP contribution in [0.5, 0.6) is 0 Å². The molecule has 0 spiro atoms. The van der Waals surface area contributed by atoms with Crippen LogP contribution in [0.15, 0.2) is 67.8 Å². The van der Waals surface area contributed by atoms with Crippen molar-refractivity contribution in [2.45, 2.75) is 77.2 Å². The number of aryl methyl sites for hydroxylation is 1. The smallest absolute Gasteiger partial charge is 0.335 e. The van der Waals surface area contributed by atoms with Crippen molar-refractivity contribution in [3.8, 4) is 0 Å². The molecule has 8 heteroatoms. The van der Waals surface area contributed by atoms with Crippen LogP contribution in [-0.2, 0) is 11.0 Å². The summed E-state index contributed by atoms with van der Waals surface area (Å²) in [6.07, 6.45) is 0.654. The minimum atomic E-state index is -4.49. The minimum absolute atomic E-state index is 0.0601. The van der Waals surface area contributed by atoms with Crippen LogP contribution in [0, 0.1) is 12.3 Å². The Morgan fingerprint density at radius 3 is 2.26 bits per heavy atom. The number of fused-ring (bicyclic) bond motifs is 1. The molecule has 0 bridgehead atoms. The average Bonchev–Trinajstić information content (AvgIpc) is 3.22. The van der Waals surface area contributed by atoms with Crippen LogP contribution in [0.4, 0.5) is 18.0 Å². The van der Waals surface area contributed by atoms with Gasteiger partial charge in [0.05, 0.1) is 29.1 Å². The summed E-state index contributed by atoms with van der Waals surface area (Å²) in [5, 5.41) is 0. The van der Waals surface area contributed by atoms with Crippen molar-refractivity contribution in [1.29, 1.82) is 0 Å². The summed E-state index contributed by atoms with van der Waals surface area (Å²) < 4.78 is 41.4. The van der Waals surface area contributed by atoms with Gasteiger partial charge in [-0.15, -0.1) is 13.2 Å². The molecule has 42 heavy (non-hydrogen) atoms. The third kappa shape index (κ3) is 5.72. The van der Waals surface area contributed by atoms with Crippen molar-refractivity contribution >= 4 is 11.9 Å². The molecule has 3 atom stereocenters. The molecule has 2 aromatic rings. The topological polar surface area (TPSA) is 43.9 Å². The molecular formula is C34H42F3N3O2. The maximum Gasteiger partial charge on any atom is 0.416 e. The first-order chi connectivity index (χ1) is 19.8. The van der Waals surface area contributed by atoms with Gasteiger partial charge in [0.1, 0.15) is 0 Å². The van der Waals surface area contributed by atoms with Crippen LogP contribution in [0.1, 0.15) is 85.9 Å². The van der Waals surface area contributed by atoms with E-state index in [2.05, 4.69) is 13.2 Å². The fourth-order valence-electron chi connectivity index (χ4n) is 6.66. The predicted octanol–water partition coefficient (Wildman–Crippen LogP) is 8.05. The van der Waals surface area contributed by atoms with Crippen molar-refractivity contribution in [1.82, 2.24) is 14.7 Å². The molecule has 2 aliphatic rings. The molecule has 0 radical (unpaired) electrons. The van der Waals surface area contributed by atoms with E-state index >= 15 is 0 Å². The van der Waals surface area contributed by atoms with Gasteiger partial charge in [0.2, 0.25) is 5.91 Å². The van der Waals surface area contributed by atoms with Crippen molar-refractivity contribution in [2.75, 3.05) is 20.1 Å². The van der Waals surface area contributed by atoms with Crippen LogP contribution in [0.25, 0.3) is 0 Å². The molecule has 2 aromatic carbocycles. The monoisotopic (exact) mass is 581 g/mol. The Labute approximate surface area is 247 Å². The van der Waals surface area contributed by atoms with Gasteiger partial charge in [0, 0.05) is 20.1 Å². The van der Waals surface area contributed by atoms with Crippen molar-refractivity contribution in [2.24, 2.45) is 5.41 Å². The first-order valence-electron chi connectivity index (χ1n) is 14.6. The second kappa shape index (κ2) is 12.0. The van der Waals surface area contributed by atoms with Gasteiger partial charge >= 0.3 is 12.2 Å². The molecule has 0 saturated carbocycles. The molecule has 0 aromatic heterocycles. The number of carbonyl (C=O) groups is 2. The number of urea groups is 1. The number of alkyl halides is 3. The average molecular weight is 582 g/mol. The number of rotatable bonds is 8. The highest BCUT2D eigenvalue weighted by Gasteiger charge is 2.56. The molecule has 0 aliphatic carbocycles. The number of amides is 3. The second-order valence-electron chi connectivity index (χ2n) is 12.1. The number of carbonyl (C=O) groups excluding carboxylic acids is 2. The van der Waals surface area contributed by atoms with Crippen LogP contribution in [0.3, 0.4) is 0 Å². The molecule has 2 heterocycles. The van der Waals surface area contributed by atoms with Crippen LogP contribution in [-0.4, -0.2) is 52.8 Å². The third-order valence-electron chi connectivity index (χ3n) is 9.16. The number of hydrogen-bond acceptors (Lipinski definition) is 2. The molecule has 3 amide bonds. The van der Waals surface area contributed by atoms with E-state index in [1.54, 1.807) is 32.2 Å². The number of benzene rings is 2. The maximum atomic E-state index is 14.3. The standard InChI is InChI=1S/C34H42F3N3O2/c1-8-14-33(15-9-2)21-29-30(28-13-11-10-12-23(28)5)40(17-16-39(29)31(33)41)32(42)38(7)24(6)26-18-25(22(3)4)19-27(20-26)34(35,36)37/h8-13,18-20,22,24,29-30H,1-2,14-17,21H2,3-7H3/t24-,29+,30+/m1/s1. The number of piperazine rings is 1. The van der Waals surface area contributed by atoms with Gasteiger partial charge in [0.25, 0.3) is 0 Å². The van der Waals surface area contributed by atoms with Gasteiger partial charge in [-0.2, -0.15) is 13.2 Å². The fourth-order valence-corrected chi connectivity index (χ4v) is 6.66. The largest absolute Gasteiger partial charge is 0.416 e. The minimum Gasteiger partial charge on any atom is -0.335 e. The molecule has 5 nitrogen and oxygen atoms in total. The number of allylic oxidation sites excluding steroid dienone is 2. The highest BCUT2D eigenvalue weighted by Crippen LogP contribution is 2.50.